The van der Waals surface area contributed by atoms with E-state index in [1.165, 1.54) is 0 Å². The highest BCUT2D eigenvalue weighted by atomic mass is 16.1. The van der Waals surface area contributed by atoms with Gasteiger partial charge in [0.25, 0.3) is 5.56 Å². The van der Waals surface area contributed by atoms with E-state index in [0.717, 1.165) is 24.2 Å². The molecule has 0 bridgehead atoms. The molecule has 0 aromatic carbocycles. The lowest BCUT2D eigenvalue weighted by molar-refractivity contribution is 0.320. The lowest BCUT2D eigenvalue weighted by Crippen LogP contribution is -2.24. The van der Waals surface area contributed by atoms with E-state index in [0.29, 0.717) is 18.7 Å². The fraction of sp³-hybridized carbons (Fsp3) is 0.429. The van der Waals surface area contributed by atoms with Gasteiger partial charge in [-0.1, -0.05) is 0 Å². The molecule has 0 atom stereocenters. The Hall–Kier alpha value is -1.72. The van der Waals surface area contributed by atoms with Gasteiger partial charge in [0.1, 0.15) is 5.65 Å². The second kappa shape index (κ2) is 5.95. The number of rotatable bonds is 5. The van der Waals surface area contributed by atoms with Crippen molar-refractivity contribution in [3.05, 3.63) is 46.0 Å². The summed E-state index contributed by atoms with van der Waals surface area (Å²) in [4.78, 5) is 18.7. The summed E-state index contributed by atoms with van der Waals surface area (Å²) >= 11 is 0. The van der Waals surface area contributed by atoms with Crippen molar-refractivity contribution in [1.82, 2.24) is 14.3 Å². The summed E-state index contributed by atoms with van der Waals surface area (Å²) in [6.45, 7) is 4.24. The molecule has 0 aliphatic heterocycles. The van der Waals surface area contributed by atoms with Gasteiger partial charge in [0.05, 0.1) is 5.69 Å². The molecule has 0 unspecified atom stereocenters. The minimum absolute atomic E-state index is 0.0350. The highest BCUT2D eigenvalue weighted by Gasteiger charge is 2.05. The van der Waals surface area contributed by atoms with E-state index in [-0.39, 0.29) is 5.56 Å². The summed E-state index contributed by atoms with van der Waals surface area (Å²) in [7, 11) is 2.01. The molecule has 2 aromatic heterocycles. The SMILES string of the molecule is Cc1ccn2c(=O)cc(CN(C)CCCN)nc2c1. The Labute approximate surface area is 112 Å². The first-order chi connectivity index (χ1) is 9.10. The highest BCUT2D eigenvalue weighted by molar-refractivity contribution is 5.41. The summed E-state index contributed by atoms with van der Waals surface area (Å²) in [5.41, 5.74) is 8.06. The third-order valence-electron chi connectivity index (χ3n) is 3.05. The van der Waals surface area contributed by atoms with E-state index < -0.39 is 0 Å². The van der Waals surface area contributed by atoms with Crippen molar-refractivity contribution in [2.75, 3.05) is 20.1 Å². The number of nitrogens with two attached hydrogens (primary N) is 1. The third kappa shape index (κ3) is 3.39. The molecule has 2 rings (SSSR count). The maximum absolute atomic E-state index is 12.0. The summed E-state index contributed by atoms with van der Waals surface area (Å²) in [5, 5.41) is 0. The Morgan fingerprint density at radius 3 is 2.95 bits per heavy atom. The maximum atomic E-state index is 12.0. The molecule has 0 aliphatic carbocycles. The summed E-state index contributed by atoms with van der Waals surface area (Å²) in [5.74, 6) is 0. The van der Waals surface area contributed by atoms with Crippen LogP contribution < -0.4 is 11.3 Å². The van der Waals surface area contributed by atoms with Crippen LogP contribution in [-0.2, 0) is 6.54 Å². The zero-order valence-electron chi connectivity index (χ0n) is 11.5. The minimum atomic E-state index is -0.0350. The van der Waals surface area contributed by atoms with Crippen molar-refractivity contribution in [3.63, 3.8) is 0 Å². The van der Waals surface area contributed by atoms with Crippen LogP contribution in [0.1, 0.15) is 17.7 Å². The molecule has 2 aromatic rings. The average molecular weight is 260 g/mol. The average Bonchev–Trinajstić information content (AvgIpc) is 2.35. The molecule has 0 saturated heterocycles. The van der Waals surface area contributed by atoms with Crippen molar-refractivity contribution in [3.8, 4) is 0 Å². The second-order valence-electron chi connectivity index (χ2n) is 4.90. The second-order valence-corrected chi connectivity index (χ2v) is 4.90. The molecule has 2 N–H and O–H groups in total. The van der Waals surface area contributed by atoms with E-state index in [1.54, 1.807) is 16.7 Å². The topological polar surface area (TPSA) is 63.6 Å². The van der Waals surface area contributed by atoms with Crippen LogP contribution in [0.2, 0.25) is 0 Å². The lowest BCUT2D eigenvalue weighted by Gasteiger charge is -2.15. The molecule has 0 aliphatic rings. The Balaban J connectivity index is 2.27. The van der Waals surface area contributed by atoms with E-state index in [1.807, 2.05) is 26.1 Å². The quantitative estimate of drug-likeness (QED) is 0.863. The molecule has 0 amide bonds. The van der Waals surface area contributed by atoms with Crippen molar-refractivity contribution in [2.24, 2.45) is 5.73 Å². The van der Waals surface area contributed by atoms with E-state index in [2.05, 4.69) is 9.88 Å². The van der Waals surface area contributed by atoms with Crippen LogP contribution in [0.3, 0.4) is 0 Å². The van der Waals surface area contributed by atoms with Gasteiger partial charge in [-0.3, -0.25) is 9.20 Å². The first-order valence-electron chi connectivity index (χ1n) is 6.47. The summed E-state index contributed by atoms with van der Waals surface area (Å²) in [6, 6.07) is 5.43. The summed E-state index contributed by atoms with van der Waals surface area (Å²) < 4.78 is 1.57. The highest BCUT2D eigenvalue weighted by Crippen LogP contribution is 2.04. The van der Waals surface area contributed by atoms with Crippen molar-refractivity contribution in [1.29, 1.82) is 0 Å². The molecular weight excluding hydrogens is 240 g/mol. The summed E-state index contributed by atoms with van der Waals surface area (Å²) in [6.07, 6.45) is 2.71. The Bertz CT molecular complexity index is 620. The molecule has 2 heterocycles. The van der Waals surface area contributed by atoms with Gasteiger partial charge in [0, 0.05) is 18.8 Å². The van der Waals surface area contributed by atoms with Crippen LogP contribution in [0.4, 0.5) is 0 Å². The van der Waals surface area contributed by atoms with Gasteiger partial charge in [0.2, 0.25) is 0 Å². The number of hydrogen-bond donors (Lipinski definition) is 1. The van der Waals surface area contributed by atoms with Gasteiger partial charge in [-0.2, -0.15) is 0 Å². The van der Waals surface area contributed by atoms with Crippen LogP contribution in [0, 0.1) is 6.92 Å². The van der Waals surface area contributed by atoms with E-state index in [4.69, 9.17) is 5.73 Å². The smallest absolute Gasteiger partial charge is 0.258 e. The van der Waals surface area contributed by atoms with Gasteiger partial charge < -0.3 is 10.6 Å². The number of aromatic nitrogens is 2. The maximum Gasteiger partial charge on any atom is 0.258 e. The molecule has 102 valence electrons. The van der Waals surface area contributed by atoms with Crippen molar-refractivity contribution < 1.29 is 0 Å². The van der Waals surface area contributed by atoms with Crippen LogP contribution in [0.5, 0.6) is 0 Å². The number of pyridine rings is 1. The molecule has 0 fully saturated rings. The van der Waals surface area contributed by atoms with Gasteiger partial charge >= 0.3 is 0 Å². The van der Waals surface area contributed by atoms with Crippen LogP contribution in [0.25, 0.3) is 5.65 Å². The number of nitrogens with zero attached hydrogens (tertiary/aromatic N) is 3. The van der Waals surface area contributed by atoms with E-state index in [9.17, 15) is 4.79 Å². The molecule has 0 spiro atoms. The fourth-order valence-corrected chi connectivity index (χ4v) is 2.05. The molecular formula is C14H20N4O. The lowest BCUT2D eigenvalue weighted by atomic mass is 10.3. The normalized spacial score (nSPS) is 11.4. The predicted molar refractivity (Wildman–Crippen MR) is 76.2 cm³/mol. The first-order valence-corrected chi connectivity index (χ1v) is 6.47. The Morgan fingerprint density at radius 2 is 2.21 bits per heavy atom. The molecule has 5 nitrogen and oxygen atoms in total. The molecule has 0 saturated carbocycles. The number of fused-ring (bicyclic) bond motifs is 1. The van der Waals surface area contributed by atoms with Crippen molar-refractivity contribution in [2.45, 2.75) is 19.9 Å². The Kier molecular flexibility index (Phi) is 4.29. The minimum Gasteiger partial charge on any atom is -0.330 e. The van der Waals surface area contributed by atoms with Gasteiger partial charge in [-0.25, -0.2) is 4.98 Å². The van der Waals surface area contributed by atoms with Gasteiger partial charge in [-0.05, 0) is 51.2 Å². The van der Waals surface area contributed by atoms with Gasteiger partial charge in [-0.15, -0.1) is 0 Å². The number of aryl methyl sites for hydroxylation is 1. The predicted octanol–water partition coefficient (Wildman–Crippen LogP) is 0.784. The van der Waals surface area contributed by atoms with Gasteiger partial charge in [0.15, 0.2) is 0 Å². The monoisotopic (exact) mass is 260 g/mol. The molecule has 5 heteroatoms. The zero-order valence-corrected chi connectivity index (χ0v) is 11.5. The Morgan fingerprint density at radius 1 is 1.42 bits per heavy atom. The third-order valence-corrected chi connectivity index (χ3v) is 3.05. The van der Waals surface area contributed by atoms with Crippen LogP contribution in [0.15, 0.2) is 29.2 Å². The van der Waals surface area contributed by atoms with E-state index >= 15 is 0 Å². The largest absolute Gasteiger partial charge is 0.330 e. The fourth-order valence-electron chi connectivity index (χ4n) is 2.05. The van der Waals surface area contributed by atoms with Crippen LogP contribution >= 0.6 is 0 Å². The number of hydrogen-bond acceptors (Lipinski definition) is 4. The standard InChI is InChI=1S/C14H20N4O/c1-11-4-7-18-13(8-11)16-12(9-14(18)19)10-17(2)6-3-5-15/h4,7-9H,3,5-6,10,15H2,1-2H3. The zero-order chi connectivity index (χ0) is 13.8. The van der Waals surface area contributed by atoms with Crippen LogP contribution in [-0.4, -0.2) is 34.4 Å². The van der Waals surface area contributed by atoms with Crippen molar-refractivity contribution >= 4 is 5.65 Å². The molecule has 0 radical (unpaired) electrons. The first kappa shape index (κ1) is 13.7. The molecule has 19 heavy (non-hydrogen) atoms.